The van der Waals surface area contributed by atoms with Crippen molar-refractivity contribution in [2.75, 3.05) is 25.5 Å². The smallest absolute Gasteiger partial charge is 0.320 e. The number of aromatic amines is 1. The third kappa shape index (κ3) is 3.45. The van der Waals surface area contributed by atoms with E-state index in [4.69, 9.17) is 0 Å². The molecule has 0 unspecified atom stereocenters. The Morgan fingerprint density at radius 1 is 1.37 bits per heavy atom. The number of aryl methyl sites for hydroxylation is 1. The number of H-pyrrole nitrogens is 1. The van der Waals surface area contributed by atoms with E-state index in [-0.39, 0.29) is 0 Å². The van der Waals surface area contributed by atoms with Gasteiger partial charge in [-0.1, -0.05) is 0 Å². The molecule has 1 aliphatic heterocycles. The van der Waals surface area contributed by atoms with Gasteiger partial charge in [0.05, 0.1) is 11.6 Å². The molecule has 3 N–H and O–H groups in total. The average molecular weight is 369 g/mol. The molecule has 27 heavy (non-hydrogen) atoms. The number of amides is 2. The van der Waals surface area contributed by atoms with Gasteiger partial charge < -0.3 is 10.2 Å². The molecular formula is C18H20FN7O. The van der Waals surface area contributed by atoms with E-state index in [1.165, 1.54) is 0 Å². The summed E-state index contributed by atoms with van der Waals surface area (Å²) in [4.78, 5) is 22.6. The first kappa shape index (κ1) is 17.3. The molecule has 140 valence electrons. The van der Waals surface area contributed by atoms with Gasteiger partial charge in [-0.2, -0.15) is 5.10 Å². The molecule has 0 aromatic carbocycles. The predicted octanol–water partition coefficient (Wildman–Crippen LogP) is 2.10. The number of nitrogens with zero attached hydrogens (tertiary/aromatic N) is 4. The summed E-state index contributed by atoms with van der Waals surface area (Å²) in [5, 5.41) is 13.5. The van der Waals surface area contributed by atoms with Crippen LogP contribution < -0.4 is 10.6 Å². The molecular weight excluding hydrogens is 349 g/mol. The number of fused-ring (bicyclic) bond motifs is 1. The van der Waals surface area contributed by atoms with Crippen LogP contribution in [0.4, 0.5) is 15.0 Å². The monoisotopic (exact) mass is 369 g/mol. The van der Waals surface area contributed by atoms with E-state index in [0.29, 0.717) is 18.9 Å². The van der Waals surface area contributed by atoms with Crippen molar-refractivity contribution in [2.24, 2.45) is 0 Å². The summed E-state index contributed by atoms with van der Waals surface area (Å²) in [7, 11) is 1.82. The Morgan fingerprint density at radius 2 is 2.22 bits per heavy atom. The number of hydrogen-bond acceptors (Lipinski definition) is 5. The summed E-state index contributed by atoms with van der Waals surface area (Å²) >= 11 is 0. The Balaban J connectivity index is 1.51. The van der Waals surface area contributed by atoms with E-state index in [9.17, 15) is 9.18 Å². The number of pyridine rings is 2. The van der Waals surface area contributed by atoms with Crippen LogP contribution in [0, 0.1) is 6.92 Å². The van der Waals surface area contributed by atoms with Crippen molar-refractivity contribution in [3.63, 3.8) is 0 Å². The molecule has 0 bridgehead atoms. The first-order chi connectivity index (χ1) is 13.0. The van der Waals surface area contributed by atoms with Gasteiger partial charge in [0, 0.05) is 48.2 Å². The Kier molecular flexibility index (Phi) is 4.44. The minimum Gasteiger partial charge on any atom is -0.331 e. The number of likely N-dealkylation sites (N-methyl/N-ethyl adjacent to an activating group) is 1. The Morgan fingerprint density at radius 3 is 2.96 bits per heavy atom. The summed E-state index contributed by atoms with van der Waals surface area (Å²) in [6.45, 7) is 2.72. The highest BCUT2D eigenvalue weighted by molar-refractivity contribution is 5.96. The molecule has 1 fully saturated rings. The molecule has 4 rings (SSSR count). The number of carbonyl (C=O) groups is 1. The molecule has 2 amide bonds. The largest absolute Gasteiger partial charge is 0.331 e. The van der Waals surface area contributed by atoms with Gasteiger partial charge in [-0.25, -0.2) is 14.2 Å². The summed E-state index contributed by atoms with van der Waals surface area (Å²) < 4.78 is 13.8. The van der Waals surface area contributed by atoms with Gasteiger partial charge in [-0.15, -0.1) is 0 Å². The average Bonchev–Trinajstić information content (AvgIpc) is 3.17. The third-order valence-electron chi connectivity index (χ3n) is 4.70. The first-order valence-electron chi connectivity index (χ1n) is 8.67. The van der Waals surface area contributed by atoms with Crippen molar-refractivity contribution in [3.05, 3.63) is 36.3 Å². The van der Waals surface area contributed by atoms with Gasteiger partial charge in [0.25, 0.3) is 0 Å². The van der Waals surface area contributed by atoms with Gasteiger partial charge in [0.1, 0.15) is 17.7 Å². The molecule has 4 heterocycles. The fraction of sp³-hybridized carbons (Fsp3) is 0.333. The first-order valence-corrected chi connectivity index (χ1v) is 8.67. The van der Waals surface area contributed by atoms with Crippen LogP contribution in [-0.4, -0.2) is 63.4 Å². The van der Waals surface area contributed by atoms with Crippen LogP contribution in [-0.2, 0) is 0 Å². The minimum absolute atomic E-state index is 0.319. The maximum Gasteiger partial charge on any atom is 0.320 e. The van der Waals surface area contributed by atoms with Crippen LogP contribution in [0.1, 0.15) is 5.69 Å². The van der Waals surface area contributed by atoms with Crippen LogP contribution >= 0.6 is 0 Å². The number of likely N-dealkylation sites (tertiary alicyclic amines) is 1. The van der Waals surface area contributed by atoms with Gasteiger partial charge in [0.2, 0.25) is 0 Å². The van der Waals surface area contributed by atoms with E-state index in [0.717, 1.165) is 27.9 Å². The molecule has 9 heteroatoms. The van der Waals surface area contributed by atoms with Crippen molar-refractivity contribution in [2.45, 2.75) is 19.1 Å². The molecule has 2 atom stereocenters. The lowest BCUT2D eigenvalue weighted by molar-refractivity contribution is 0.239. The number of anilines is 1. The van der Waals surface area contributed by atoms with Crippen molar-refractivity contribution in [1.82, 2.24) is 30.4 Å². The van der Waals surface area contributed by atoms with E-state index in [2.05, 4.69) is 30.8 Å². The molecule has 1 aliphatic rings. The van der Waals surface area contributed by atoms with Crippen LogP contribution in [0.3, 0.4) is 0 Å². The fourth-order valence-electron chi connectivity index (χ4n) is 3.33. The summed E-state index contributed by atoms with van der Waals surface area (Å²) in [6, 6.07) is 4.50. The molecule has 1 saturated heterocycles. The third-order valence-corrected chi connectivity index (χ3v) is 4.70. The lowest BCUT2D eigenvalue weighted by Crippen LogP contribution is -2.43. The van der Waals surface area contributed by atoms with Crippen molar-refractivity contribution >= 4 is 22.8 Å². The lowest BCUT2D eigenvalue weighted by atomic mass is 10.1. The standard InChI is InChI=1S/C18H20FN7O/c1-10-11(4-3-5-20-10)17-12-7-21-16(6-14(12)24-25-17)23-18(27)22-15-9-26(2)8-13(15)19/h3-7,13,15H,8-9H2,1-2H3,(H,24,25)(H2,21,22,23,27)/t13-,15-/m1/s1. The maximum atomic E-state index is 13.8. The van der Waals surface area contributed by atoms with E-state index in [1.807, 2.05) is 31.0 Å². The molecule has 0 saturated carbocycles. The van der Waals surface area contributed by atoms with Crippen LogP contribution in [0.25, 0.3) is 22.2 Å². The van der Waals surface area contributed by atoms with Gasteiger partial charge >= 0.3 is 6.03 Å². The number of rotatable bonds is 3. The highest BCUT2D eigenvalue weighted by Crippen LogP contribution is 2.28. The molecule has 0 aliphatic carbocycles. The summed E-state index contributed by atoms with van der Waals surface area (Å²) in [6.07, 6.45) is 2.31. The van der Waals surface area contributed by atoms with Crippen LogP contribution in [0.2, 0.25) is 0 Å². The minimum atomic E-state index is -1.07. The van der Waals surface area contributed by atoms with Crippen molar-refractivity contribution in [1.29, 1.82) is 0 Å². The number of alkyl halides is 1. The maximum absolute atomic E-state index is 13.8. The molecule has 3 aromatic rings. The Bertz CT molecular complexity index is 989. The van der Waals surface area contributed by atoms with Gasteiger partial charge in [0.15, 0.2) is 0 Å². The molecule has 0 radical (unpaired) electrons. The van der Waals surface area contributed by atoms with Crippen LogP contribution in [0.15, 0.2) is 30.6 Å². The second kappa shape index (κ2) is 6.92. The van der Waals surface area contributed by atoms with Crippen LogP contribution in [0.5, 0.6) is 0 Å². The van der Waals surface area contributed by atoms with Gasteiger partial charge in [-0.3, -0.25) is 15.4 Å². The number of carbonyl (C=O) groups excluding carboxylic acids is 1. The quantitative estimate of drug-likeness (QED) is 0.657. The highest BCUT2D eigenvalue weighted by atomic mass is 19.1. The Hall–Kier alpha value is -3.07. The van der Waals surface area contributed by atoms with Crippen molar-refractivity contribution < 1.29 is 9.18 Å². The second-order valence-corrected chi connectivity index (χ2v) is 6.77. The fourth-order valence-corrected chi connectivity index (χ4v) is 3.33. The Labute approximate surface area is 155 Å². The number of hydrogen-bond donors (Lipinski definition) is 3. The highest BCUT2D eigenvalue weighted by Gasteiger charge is 2.31. The molecule has 3 aromatic heterocycles. The topological polar surface area (TPSA) is 98.8 Å². The normalized spacial score (nSPS) is 20.1. The van der Waals surface area contributed by atoms with E-state index < -0.39 is 18.2 Å². The predicted molar refractivity (Wildman–Crippen MR) is 100 cm³/mol. The second-order valence-electron chi connectivity index (χ2n) is 6.77. The number of nitrogens with one attached hydrogen (secondary N) is 3. The van der Waals surface area contributed by atoms with E-state index in [1.54, 1.807) is 18.5 Å². The van der Waals surface area contributed by atoms with Crippen molar-refractivity contribution in [3.8, 4) is 11.3 Å². The zero-order valence-corrected chi connectivity index (χ0v) is 15.0. The zero-order chi connectivity index (χ0) is 19.0. The molecule has 0 spiro atoms. The van der Waals surface area contributed by atoms with E-state index >= 15 is 0 Å². The number of aromatic nitrogens is 4. The summed E-state index contributed by atoms with van der Waals surface area (Å²) in [5.74, 6) is 0.361. The number of halogens is 1. The lowest BCUT2D eigenvalue weighted by Gasteiger charge is -2.14. The van der Waals surface area contributed by atoms with Gasteiger partial charge in [-0.05, 0) is 26.1 Å². The SMILES string of the molecule is Cc1ncccc1-c1n[nH]c2cc(NC(=O)N[C@@H]3CN(C)C[C@H]3F)ncc12. The zero-order valence-electron chi connectivity index (χ0n) is 15.0. The molecule has 8 nitrogen and oxygen atoms in total. The number of urea groups is 1. The summed E-state index contributed by atoms with van der Waals surface area (Å²) in [5.41, 5.74) is 3.29.